The fourth-order valence-electron chi connectivity index (χ4n) is 6.16. The molecule has 11 N–H and O–H groups in total. The van der Waals surface area contributed by atoms with Crippen LogP contribution in [0.2, 0.25) is 0 Å². The first-order chi connectivity index (χ1) is 24.0. The highest BCUT2D eigenvalue weighted by molar-refractivity contribution is 5.97. The smallest absolute Gasteiger partial charge is 0.328 e. The van der Waals surface area contributed by atoms with Crippen molar-refractivity contribution >= 4 is 41.4 Å². The van der Waals surface area contributed by atoms with Crippen LogP contribution in [0.5, 0.6) is 0 Å². The van der Waals surface area contributed by atoms with Crippen LogP contribution in [0.3, 0.4) is 0 Å². The highest BCUT2D eigenvalue weighted by Gasteiger charge is 2.42. The van der Waals surface area contributed by atoms with E-state index in [1.807, 2.05) is 0 Å². The second kappa shape index (κ2) is 20.2. The molecule has 2 heterocycles. The van der Waals surface area contributed by atoms with Crippen molar-refractivity contribution in [3.8, 4) is 0 Å². The fraction of sp³-hybridized carbons (Fsp3) is 0.788. The Morgan fingerprint density at radius 3 is 1.73 bits per heavy atom. The number of nitrogens with zero attached hydrogens (tertiary/aromatic N) is 2. The Labute approximate surface area is 298 Å². The predicted octanol–water partition coefficient (Wildman–Crippen LogP) is -2.87. The van der Waals surface area contributed by atoms with Gasteiger partial charge in [-0.3, -0.25) is 28.8 Å². The Balaban J connectivity index is 2.19. The Morgan fingerprint density at radius 1 is 0.725 bits per heavy atom. The predicted molar refractivity (Wildman–Crippen MR) is 184 cm³/mol. The number of carboxylic acids is 1. The minimum absolute atomic E-state index is 0.114. The van der Waals surface area contributed by atoms with Crippen molar-refractivity contribution in [3.63, 3.8) is 0 Å². The lowest BCUT2D eigenvalue weighted by Gasteiger charge is -2.32. The van der Waals surface area contributed by atoms with Gasteiger partial charge in [-0.25, -0.2) is 4.79 Å². The van der Waals surface area contributed by atoms with Gasteiger partial charge in [-0.2, -0.15) is 0 Å². The molecule has 2 aliphatic rings. The molecule has 2 saturated heterocycles. The van der Waals surface area contributed by atoms with Crippen LogP contribution in [0.15, 0.2) is 0 Å². The number of nitrogens with one attached hydrogen (secondary N) is 4. The summed E-state index contributed by atoms with van der Waals surface area (Å²) in [4.78, 5) is 94.2. The molecule has 0 aliphatic carbocycles. The zero-order chi connectivity index (χ0) is 38.6. The van der Waals surface area contributed by atoms with Crippen LogP contribution in [-0.4, -0.2) is 141 Å². The third kappa shape index (κ3) is 11.8. The summed E-state index contributed by atoms with van der Waals surface area (Å²) in [6.45, 7) is 8.18. The van der Waals surface area contributed by atoms with E-state index in [9.17, 15) is 48.9 Å². The molecule has 0 unspecified atom stereocenters. The molecular formula is C33H58N8O10. The summed E-state index contributed by atoms with van der Waals surface area (Å²) in [5.41, 5.74) is 11.7. The molecule has 0 radical (unpaired) electrons. The van der Waals surface area contributed by atoms with Crippen LogP contribution in [0.4, 0.5) is 0 Å². The van der Waals surface area contributed by atoms with Gasteiger partial charge in [0, 0.05) is 13.1 Å². The number of likely N-dealkylation sites (tertiary alicyclic amines) is 2. The van der Waals surface area contributed by atoms with E-state index in [1.54, 1.807) is 27.7 Å². The molecule has 8 atom stereocenters. The van der Waals surface area contributed by atoms with E-state index in [4.69, 9.17) is 11.5 Å². The zero-order valence-corrected chi connectivity index (χ0v) is 30.3. The first-order valence-corrected chi connectivity index (χ1v) is 17.8. The highest BCUT2D eigenvalue weighted by atomic mass is 16.4. The Bertz CT molecular complexity index is 1250. The van der Waals surface area contributed by atoms with E-state index in [2.05, 4.69) is 21.3 Å². The van der Waals surface area contributed by atoms with Gasteiger partial charge in [0.2, 0.25) is 35.4 Å². The van der Waals surface area contributed by atoms with Crippen molar-refractivity contribution in [2.24, 2.45) is 23.3 Å². The average molecular weight is 727 g/mol. The van der Waals surface area contributed by atoms with Crippen molar-refractivity contribution < 1.29 is 48.9 Å². The van der Waals surface area contributed by atoms with Gasteiger partial charge in [0.1, 0.15) is 30.2 Å². The fourth-order valence-corrected chi connectivity index (χ4v) is 6.16. The zero-order valence-electron chi connectivity index (χ0n) is 30.3. The van der Waals surface area contributed by atoms with Gasteiger partial charge in [0.15, 0.2) is 6.04 Å². The number of aliphatic hydroxyl groups is 2. The number of hydrogen-bond donors (Lipinski definition) is 9. The number of hydrogen-bond acceptors (Lipinski definition) is 11. The highest BCUT2D eigenvalue weighted by Crippen LogP contribution is 2.22. The van der Waals surface area contributed by atoms with E-state index < -0.39 is 96.4 Å². The first kappa shape index (κ1) is 43.3. The molecule has 0 bridgehead atoms. The summed E-state index contributed by atoms with van der Waals surface area (Å²) in [6.07, 6.45) is 1.25. The largest absolute Gasteiger partial charge is 0.480 e. The van der Waals surface area contributed by atoms with Gasteiger partial charge in [0.25, 0.3) is 0 Å². The van der Waals surface area contributed by atoms with E-state index in [0.29, 0.717) is 45.2 Å². The minimum atomic E-state index is -1.58. The molecule has 6 amide bonds. The number of rotatable bonds is 19. The molecule has 2 aliphatic heterocycles. The van der Waals surface area contributed by atoms with Crippen molar-refractivity contribution in [1.82, 2.24) is 31.1 Å². The number of unbranched alkanes of at least 4 members (excludes halogenated alkanes) is 1. The number of nitrogens with two attached hydrogens (primary N) is 2. The molecule has 0 aromatic carbocycles. The Morgan fingerprint density at radius 2 is 1.25 bits per heavy atom. The van der Waals surface area contributed by atoms with Gasteiger partial charge in [-0.05, 0) is 70.3 Å². The molecule has 2 fully saturated rings. The molecule has 0 aromatic rings. The summed E-state index contributed by atoms with van der Waals surface area (Å²) >= 11 is 0. The minimum Gasteiger partial charge on any atom is -0.480 e. The second-order valence-corrected chi connectivity index (χ2v) is 14.0. The summed E-state index contributed by atoms with van der Waals surface area (Å²) in [5.74, 6) is -6.00. The van der Waals surface area contributed by atoms with Crippen molar-refractivity contribution in [2.45, 2.75) is 128 Å². The summed E-state index contributed by atoms with van der Waals surface area (Å²) in [5, 5.41) is 39.3. The second-order valence-electron chi connectivity index (χ2n) is 14.0. The average Bonchev–Trinajstić information content (AvgIpc) is 3.77. The van der Waals surface area contributed by atoms with Gasteiger partial charge in [-0.1, -0.05) is 27.7 Å². The molecule has 0 aromatic heterocycles. The molecule has 18 nitrogen and oxygen atoms in total. The van der Waals surface area contributed by atoms with Crippen LogP contribution >= 0.6 is 0 Å². The molecule has 51 heavy (non-hydrogen) atoms. The van der Waals surface area contributed by atoms with E-state index in [1.165, 1.54) is 16.7 Å². The summed E-state index contributed by atoms with van der Waals surface area (Å²) in [7, 11) is 0. The standard InChI is InChI=1S/C33H58N8O10/c1-17(2)24(35)31(48)40-14-8-11-22(40)29(46)37-21(16-42)28(45)36-20(10-6-7-13-34)27(44)38-25(18(3)4)32(49)41-15-9-12-23(41)30(47)39-26(19(5)43)33(50)51/h17-26,42-43H,6-16,34-35H2,1-5H3,(H,36,45)(H,37,46)(H,38,44)(H,39,47)(H,50,51)/t19-,20+,21+,22+,23+,24+,25+,26+/m1/s1. The lowest BCUT2D eigenvalue weighted by atomic mass is 10.0. The van der Waals surface area contributed by atoms with Gasteiger partial charge < -0.3 is 57.9 Å². The molecule has 290 valence electrons. The van der Waals surface area contributed by atoms with Gasteiger partial charge in [0.05, 0.1) is 18.8 Å². The third-order valence-electron chi connectivity index (χ3n) is 9.35. The summed E-state index contributed by atoms with van der Waals surface area (Å²) < 4.78 is 0. The van der Waals surface area contributed by atoms with E-state index >= 15 is 0 Å². The van der Waals surface area contributed by atoms with Gasteiger partial charge in [-0.15, -0.1) is 0 Å². The normalized spacial score (nSPS) is 21.0. The van der Waals surface area contributed by atoms with Crippen molar-refractivity contribution in [2.75, 3.05) is 26.2 Å². The molecule has 0 saturated carbocycles. The molecule has 18 heteroatoms. The van der Waals surface area contributed by atoms with Crippen molar-refractivity contribution in [3.05, 3.63) is 0 Å². The van der Waals surface area contributed by atoms with E-state index in [0.717, 1.165) is 0 Å². The Kier molecular flexibility index (Phi) is 17.2. The van der Waals surface area contributed by atoms with Crippen LogP contribution in [0.1, 0.15) is 79.6 Å². The molecular weight excluding hydrogens is 668 g/mol. The molecule has 0 spiro atoms. The van der Waals surface area contributed by atoms with E-state index in [-0.39, 0.29) is 31.2 Å². The number of carbonyl (C=O) groups excluding carboxylic acids is 6. The van der Waals surface area contributed by atoms with Crippen LogP contribution < -0.4 is 32.7 Å². The maximum Gasteiger partial charge on any atom is 0.328 e. The number of aliphatic carboxylic acids is 1. The van der Waals surface area contributed by atoms with Crippen LogP contribution in [-0.2, 0) is 33.6 Å². The first-order valence-electron chi connectivity index (χ1n) is 17.8. The summed E-state index contributed by atoms with van der Waals surface area (Å²) in [6, 6.07) is -8.09. The topological polar surface area (TPSA) is 287 Å². The number of aliphatic hydroxyl groups excluding tert-OH is 2. The maximum atomic E-state index is 13.8. The lowest BCUT2D eigenvalue weighted by Crippen LogP contribution is -2.61. The number of amides is 6. The van der Waals surface area contributed by atoms with Crippen molar-refractivity contribution in [1.29, 1.82) is 0 Å². The quantitative estimate of drug-likeness (QED) is 0.0608. The number of carbonyl (C=O) groups is 7. The lowest BCUT2D eigenvalue weighted by molar-refractivity contribution is -0.147. The third-order valence-corrected chi connectivity index (χ3v) is 9.35. The SMILES string of the molecule is CC(C)[C@H](N)C(=O)N1CCC[C@H]1C(=O)N[C@@H](CO)C(=O)N[C@@H](CCCCN)C(=O)N[C@H](C(=O)N1CCC[C@H]1C(=O)N[C@H](C(=O)O)[C@@H](C)O)C(C)C. The number of carboxylic acid groups (broad SMARTS) is 1. The van der Waals surface area contributed by atoms with Crippen LogP contribution in [0, 0.1) is 11.8 Å². The monoisotopic (exact) mass is 726 g/mol. The van der Waals surface area contributed by atoms with Crippen LogP contribution in [0.25, 0.3) is 0 Å². The van der Waals surface area contributed by atoms with Gasteiger partial charge >= 0.3 is 5.97 Å². The molecule has 2 rings (SSSR count). The maximum absolute atomic E-state index is 13.8. The Hall–Kier alpha value is -3.87.